The molecule has 0 aliphatic carbocycles. The second kappa shape index (κ2) is 11.7. The van der Waals surface area contributed by atoms with Crippen molar-refractivity contribution in [2.24, 2.45) is 10.7 Å². The molecule has 0 amide bonds. The molecule has 16 heteroatoms. The van der Waals surface area contributed by atoms with Gasteiger partial charge in [-0.1, -0.05) is 11.8 Å². The minimum Gasteiger partial charge on any atom is -0.493 e. The lowest BCUT2D eigenvalue weighted by Gasteiger charge is -2.08. The molecular formula is C17H18F3N7O5S. The molecule has 0 radical (unpaired) electrons. The van der Waals surface area contributed by atoms with E-state index in [1.54, 1.807) is 0 Å². The Balaban J connectivity index is 1.87. The lowest BCUT2D eigenvalue weighted by Crippen LogP contribution is -2.26. The van der Waals surface area contributed by atoms with Crippen molar-refractivity contribution in [2.45, 2.75) is 24.3 Å². The molecule has 0 fully saturated rings. The number of imidazole rings is 1. The number of ether oxygens (including phenoxy) is 1. The molecule has 0 saturated carbocycles. The number of carbonyl (C=O) groups is 2. The van der Waals surface area contributed by atoms with Crippen molar-refractivity contribution in [2.75, 3.05) is 17.6 Å². The van der Waals surface area contributed by atoms with Crippen LogP contribution >= 0.6 is 11.8 Å². The zero-order valence-corrected chi connectivity index (χ0v) is 17.5. The van der Waals surface area contributed by atoms with Crippen LogP contribution in [0.3, 0.4) is 0 Å². The fourth-order valence-electron chi connectivity index (χ4n) is 2.12. The zero-order chi connectivity index (χ0) is 24.4. The molecule has 0 spiro atoms. The number of carboxylic acid groups (broad SMARTS) is 1. The molecule has 5 N–H and O–H groups in total. The Morgan fingerprint density at radius 3 is 2.79 bits per heavy atom. The average molecular weight is 489 g/mol. The van der Waals surface area contributed by atoms with Crippen LogP contribution in [0, 0.1) is 0 Å². The first kappa shape index (κ1) is 25.4. The van der Waals surface area contributed by atoms with Gasteiger partial charge in [-0.05, 0) is 12.5 Å². The summed E-state index contributed by atoms with van der Waals surface area (Å²) in [6.07, 6.45) is -0.271. The van der Waals surface area contributed by atoms with Gasteiger partial charge in [-0.15, -0.1) is 0 Å². The van der Waals surface area contributed by atoms with Gasteiger partial charge in [-0.3, -0.25) is 4.57 Å². The van der Waals surface area contributed by atoms with E-state index in [1.165, 1.54) is 28.6 Å². The summed E-state index contributed by atoms with van der Waals surface area (Å²) in [5.41, 5.74) is 5.41. The number of thioether (sulfide) groups is 1. The second-order valence-corrected chi connectivity index (χ2v) is 7.07. The van der Waals surface area contributed by atoms with Crippen LogP contribution in [0.4, 0.5) is 19.0 Å². The van der Waals surface area contributed by atoms with Crippen molar-refractivity contribution in [3.63, 3.8) is 0 Å². The number of carboxylic acids is 1. The largest absolute Gasteiger partial charge is 0.493 e. The van der Waals surface area contributed by atoms with Gasteiger partial charge in [0.05, 0.1) is 6.20 Å². The van der Waals surface area contributed by atoms with Crippen LogP contribution in [0.25, 0.3) is 0 Å². The van der Waals surface area contributed by atoms with E-state index in [9.17, 15) is 27.9 Å². The number of halogens is 3. The fraction of sp³-hybridized carbons (Fsp3) is 0.294. The third-order valence-electron chi connectivity index (χ3n) is 3.43. The molecule has 0 saturated heterocycles. The molecule has 0 aliphatic heterocycles. The highest BCUT2D eigenvalue weighted by atomic mass is 32.2. The second-order valence-electron chi connectivity index (χ2n) is 6.01. The quantitative estimate of drug-likeness (QED) is 0.0721. The van der Waals surface area contributed by atoms with Crippen LogP contribution in [0.15, 0.2) is 40.8 Å². The van der Waals surface area contributed by atoms with Crippen molar-refractivity contribution in [1.29, 1.82) is 0 Å². The maximum atomic E-state index is 12.2. The number of aromatic nitrogens is 4. The normalized spacial score (nSPS) is 12.2. The van der Waals surface area contributed by atoms with Crippen LogP contribution in [0.2, 0.25) is 0 Å². The Morgan fingerprint density at radius 2 is 2.09 bits per heavy atom. The van der Waals surface area contributed by atoms with E-state index < -0.39 is 30.6 Å². The molecule has 0 aromatic carbocycles. The predicted molar refractivity (Wildman–Crippen MR) is 110 cm³/mol. The van der Waals surface area contributed by atoms with E-state index in [0.29, 0.717) is 29.5 Å². The fourth-order valence-corrected chi connectivity index (χ4v) is 2.87. The standard InChI is InChI=1S/C17H18F3N7O5S/c18-17(19,20)9-24-14(21)25-10-4-5-22-15(26-10)33-7-1-6-27-11(28)8-23-16(27)32-13(31)3-2-12(29)30/h2-5,8,28H,1,6-7,9H2,(H,29,30)(H3,21,22,24,25,26)/b3-2-. The number of carbonyl (C=O) groups excluding carboxylic acids is 1. The number of nitrogens with zero attached hydrogens (tertiary/aromatic N) is 5. The van der Waals surface area contributed by atoms with E-state index in [-0.39, 0.29) is 24.3 Å². The molecule has 0 unspecified atom stereocenters. The third kappa shape index (κ3) is 9.46. The first-order valence-electron chi connectivity index (χ1n) is 9.00. The number of guanidine groups is 1. The van der Waals surface area contributed by atoms with Crippen LogP contribution in [0.1, 0.15) is 6.42 Å². The average Bonchev–Trinajstić information content (AvgIpc) is 3.07. The summed E-state index contributed by atoms with van der Waals surface area (Å²) in [5.74, 6) is -2.40. The minimum absolute atomic E-state index is 0.159. The number of rotatable bonds is 10. The van der Waals surface area contributed by atoms with Crippen molar-refractivity contribution in [3.05, 3.63) is 30.6 Å². The van der Waals surface area contributed by atoms with Gasteiger partial charge in [0.1, 0.15) is 12.4 Å². The van der Waals surface area contributed by atoms with Gasteiger partial charge >= 0.3 is 24.1 Å². The minimum atomic E-state index is -4.48. The van der Waals surface area contributed by atoms with Crippen molar-refractivity contribution in [1.82, 2.24) is 19.5 Å². The number of aliphatic imine (C=N–C) groups is 1. The van der Waals surface area contributed by atoms with Gasteiger partial charge in [0.25, 0.3) is 0 Å². The van der Waals surface area contributed by atoms with Crippen molar-refractivity contribution < 1.29 is 37.7 Å². The first-order valence-corrected chi connectivity index (χ1v) is 9.99. The zero-order valence-electron chi connectivity index (χ0n) is 16.7. The van der Waals surface area contributed by atoms with Crippen LogP contribution in [0.5, 0.6) is 11.9 Å². The number of hydrogen-bond acceptors (Lipinski definition) is 9. The molecule has 178 valence electrons. The van der Waals surface area contributed by atoms with E-state index in [0.717, 1.165) is 6.20 Å². The van der Waals surface area contributed by atoms with Crippen molar-refractivity contribution >= 4 is 35.5 Å². The lowest BCUT2D eigenvalue weighted by molar-refractivity contribution is -0.133. The van der Waals surface area contributed by atoms with Crippen molar-refractivity contribution in [3.8, 4) is 11.9 Å². The molecular weight excluding hydrogens is 471 g/mol. The highest BCUT2D eigenvalue weighted by Crippen LogP contribution is 2.21. The lowest BCUT2D eigenvalue weighted by atomic mass is 10.5. The van der Waals surface area contributed by atoms with Gasteiger partial charge in [0.15, 0.2) is 11.1 Å². The Hall–Kier alpha value is -3.82. The number of nitrogens with two attached hydrogens (primary N) is 1. The van der Waals surface area contributed by atoms with Crippen LogP contribution in [-0.2, 0) is 16.1 Å². The number of esters is 1. The van der Waals surface area contributed by atoms with E-state index in [1.807, 2.05) is 0 Å². The SMILES string of the molecule is NC(=NCC(F)(F)F)Nc1ccnc(SCCCn2c(O)cnc2OC(=O)/C=C\C(=O)O)n1. The Kier molecular flexibility index (Phi) is 9.02. The monoisotopic (exact) mass is 489 g/mol. The van der Waals surface area contributed by atoms with Gasteiger partial charge in [0, 0.05) is 30.6 Å². The maximum Gasteiger partial charge on any atom is 0.408 e. The highest BCUT2D eigenvalue weighted by Gasteiger charge is 2.26. The number of alkyl halides is 3. The predicted octanol–water partition coefficient (Wildman–Crippen LogP) is 1.40. The summed E-state index contributed by atoms with van der Waals surface area (Å²) in [7, 11) is 0. The number of hydrogen-bond donors (Lipinski definition) is 4. The first-order chi connectivity index (χ1) is 15.5. The molecule has 2 rings (SSSR count). The van der Waals surface area contributed by atoms with Gasteiger partial charge < -0.3 is 26.0 Å². The van der Waals surface area contributed by atoms with E-state index in [4.69, 9.17) is 15.6 Å². The number of nitrogens with one attached hydrogen (secondary N) is 1. The summed E-state index contributed by atoms with van der Waals surface area (Å²) in [6.45, 7) is -1.23. The molecule has 2 heterocycles. The Labute approximate surface area is 188 Å². The molecule has 12 nitrogen and oxygen atoms in total. The number of aromatic hydroxyl groups is 1. The molecule has 0 aliphatic rings. The van der Waals surface area contributed by atoms with Gasteiger partial charge in [-0.25, -0.2) is 24.5 Å². The van der Waals surface area contributed by atoms with Gasteiger partial charge in [-0.2, -0.15) is 18.2 Å². The molecule has 0 atom stereocenters. The molecule has 2 aromatic rings. The number of aliphatic carboxylic acids is 1. The van der Waals surface area contributed by atoms with Crippen LogP contribution in [-0.4, -0.2) is 66.1 Å². The summed E-state index contributed by atoms with van der Waals surface area (Å²) >= 11 is 1.22. The molecule has 2 aromatic heterocycles. The Morgan fingerprint density at radius 1 is 1.33 bits per heavy atom. The van der Waals surface area contributed by atoms with E-state index in [2.05, 4.69) is 25.3 Å². The summed E-state index contributed by atoms with van der Waals surface area (Å²) < 4.78 is 42.6. The molecule has 0 bridgehead atoms. The van der Waals surface area contributed by atoms with Gasteiger partial charge in [0.2, 0.25) is 5.88 Å². The summed E-state index contributed by atoms with van der Waals surface area (Å²) in [6, 6.07) is 1.19. The summed E-state index contributed by atoms with van der Waals surface area (Å²) in [4.78, 5) is 37.1. The third-order valence-corrected chi connectivity index (χ3v) is 4.37. The van der Waals surface area contributed by atoms with E-state index >= 15 is 0 Å². The maximum absolute atomic E-state index is 12.2. The van der Waals surface area contributed by atoms with Crippen LogP contribution < -0.4 is 15.8 Å². The number of anilines is 1. The smallest absolute Gasteiger partial charge is 0.408 e. The Bertz CT molecular complexity index is 1040. The highest BCUT2D eigenvalue weighted by molar-refractivity contribution is 7.99. The molecule has 33 heavy (non-hydrogen) atoms. The summed E-state index contributed by atoms with van der Waals surface area (Å²) in [5, 5.41) is 21.1. The topological polar surface area (TPSA) is 178 Å².